The van der Waals surface area contributed by atoms with Crippen LogP contribution in [-0.2, 0) is 6.54 Å². The van der Waals surface area contributed by atoms with E-state index in [4.69, 9.17) is 9.47 Å². The number of aromatic nitrogens is 1. The number of hydrogen-bond donors (Lipinski definition) is 1. The van der Waals surface area contributed by atoms with Crippen LogP contribution in [0.15, 0.2) is 30.5 Å². The second-order valence-corrected chi connectivity index (χ2v) is 6.48. The zero-order valence-electron chi connectivity index (χ0n) is 15.0. The fourth-order valence-electron chi connectivity index (χ4n) is 3.14. The van der Waals surface area contributed by atoms with Crippen molar-refractivity contribution >= 4 is 11.5 Å². The number of nitrogens with one attached hydrogen (secondary N) is 1. The highest BCUT2D eigenvalue weighted by Crippen LogP contribution is 2.32. The third-order valence-corrected chi connectivity index (χ3v) is 4.58. The molecule has 1 aliphatic carbocycles. The standard InChI is InChI=1S/C19H23N3O4/c1-13-9-19(21-12-16(13)22(23)24)20-11-14-7-8-17(25-2)18(10-14)26-15-5-3-4-6-15/h7-10,12,15H,3-6,11H2,1-2H3,(H,20,21). The molecule has 2 aromatic rings. The van der Waals surface area contributed by atoms with Crippen molar-refractivity contribution in [2.75, 3.05) is 12.4 Å². The Morgan fingerprint density at radius 1 is 1.27 bits per heavy atom. The minimum atomic E-state index is -0.428. The summed E-state index contributed by atoms with van der Waals surface area (Å²) in [4.78, 5) is 14.5. The van der Waals surface area contributed by atoms with Crippen LogP contribution in [0.5, 0.6) is 11.5 Å². The van der Waals surface area contributed by atoms with Crippen molar-refractivity contribution in [3.8, 4) is 11.5 Å². The Kier molecular flexibility index (Phi) is 5.55. The molecule has 0 radical (unpaired) electrons. The molecule has 0 amide bonds. The fourth-order valence-corrected chi connectivity index (χ4v) is 3.14. The van der Waals surface area contributed by atoms with Gasteiger partial charge in [0.25, 0.3) is 5.69 Å². The van der Waals surface area contributed by atoms with Crippen LogP contribution in [0.2, 0.25) is 0 Å². The molecule has 7 heteroatoms. The number of nitro groups is 1. The van der Waals surface area contributed by atoms with Gasteiger partial charge in [-0.25, -0.2) is 4.98 Å². The van der Waals surface area contributed by atoms with Gasteiger partial charge in [0, 0.05) is 12.1 Å². The SMILES string of the molecule is COc1ccc(CNc2cc(C)c([N+](=O)[O-])cn2)cc1OC1CCCC1. The third-order valence-electron chi connectivity index (χ3n) is 4.58. The Labute approximate surface area is 152 Å². The molecule has 0 spiro atoms. The van der Waals surface area contributed by atoms with E-state index in [1.54, 1.807) is 20.1 Å². The van der Waals surface area contributed by atoms with Gasteiger partial charge in [0.1, 0.15) is 12.0 Å². The predicted octanol–water partition coefficient (Wildman–Crippen LogP) is 4.24. The molecule has 0 bridgehead atoms. The summed E-state index contributed by atoms with van der Waals surface area (Å²) in [6.07, 6.45) is 6.11. The number of ether oxygens (including phenoxy) is 2. The lowest BCUT2D eigenvalue weighted by molar-refractivity contribution is -0.385. The Morgan fingerprint density at radius 2 is 2.04 bits per heavy atom. The molecule has 1 aromatic heterocycles. The predicted molar refractivity (Wildman–Crippen MR) is 98.8 cm³/mol. The maximum Gasteiger partial charge on any atom is 0.290 e. The molecule has 1 aliphatic rings. The third kappa shape index (κ3) is 4.22. The summed E-state index contributed by atoms with van der Waals surface area (Å²) in [5.41, 5.74) is 1.62. The maximum atomic E-state index is 10.9. The molecule has 1 aromatic carbocycles. The highest BCUT2D eigenvalue weighted by Gasteiger charge is 2.18. The number of benzene rings is 1. The summed E-state index contributed by atoms with van der Waals surface area (Å²) in [5.74, 6) is 2.08. The van der Waals surface area contributed by atoms with Crippen molar-refractivity contribution in [3.63, 3.8) is 0 Å². The van der Waals surface area contributed by atoms with Gasteiger partial charge >= 0.3 is 0 Å². The van der Waals surface area contributed by atoms with Crippen LogP contribution in [0, 0.1) is 17.0 Å². The average Bonchev–Trinajstić information content (AvgIpc) is 3.13. The van der Waals surface area contributed by atoms with E-state index in [-0.39, 0.29) is 11.8 Å². The van der Waals surface area contributed by atoms with E-state index >= 15 is 0 Å². The second-order valence-electron chi connectivity index (χ2n) is 6.48. The van der Waals surface area contributed by atoms with E-state index in [0.717, 1.165) is 29.9 Å². The molecule has 0 atom stereocenters. The first-order valence-electron chi connectivity index (χ1n) is 8.75. The van der Waals surface area contributed by atoms with E-state index in [9.17, 15) is 10.1 Å². The van der Waals surface area contributed by atoms with Crippen molar-refractivity contribution in [2.24, 2.45) is 0 Å². The van der Waals surface area contributed by atoms with Gasteiger partial charge in [0.15, 0.2) is 11.5 Å². The normalized spacial score (nSPS) is 14.2. The number of anilines is 1. The molecule has 3 rings (SSSR count). The van der Waals surface area contributed by atoms with Gasteiger partial charge in [-0.15, -0.1) is 0 Å². The number of rotatable bonds is 7. The van der Waals surface area contributed by atoms with Crippen LogP contribution in [0.25, 0.3) is 0 Å². The average molecular weight is 357 g/mol. The van der Waals surface area contributed by atoms with Gasteiger partial charge in [0.2, 0.25) is 0 Å². The zero-order valence-corrected chi connectivity index (χ0v) is 15.0. The summed E-state index contributed by atoms with van der Waals surface area (Å²) in [5, 5.41) is 14.1. The largest absolute Gasteiger partial charge is 0.493 e. The van der Waals surface area contributed by atoms with E-state index in [1.807, 2.05) is 18.2 Å². The Balaban J connectivity index is 1.69. The number of aryl methyl sites for hydroxylation is 1. The molecule has 26 heavy (non-hydrogen) atoms. The Hall–Kier alpha value is -2.83. The first-order chi connectivity index (χ1) is 12.6. The number of hydrogen-bond acceptors (Lipinski definition) is 6. The van der Waals surface area contributed by atoms with Gasteiger partial charge < -0.3 is 14.8 Å². The van der Waals surface area contributed by atoms with Crippen LogP contribution < -0.4 is 14.8 Å². The highest BCUT2D eigenvalue weighted by molar-refractivity contribution is 5.48. The topological polar surface area (TPSA) is 86.5 Å². The van der Waals surface area contributed by atoms with Crippen LogP contribution >= 0.6 is 0 Å². The summed E-state index contributed by atoms with van der Waals surface area (Å²) in [6, 6.07) is 7.52. The lowest BCUT2D eigenvalue weighted by Crippen LogP contribution is -2.12. The van der Waals surface area contributed by atoms with Crippen LogP contribution in [0.4, 0.5) is 11.5 Å². The molecule has 0 saturated heterocycles. The molecule has 7 nitrogen and oxygen atoms in total. The molecule has 0 unspecified atom stereocenters. The van der Waals surface area contributed by atoms with Crippen molar-refractivity contribution < 1.29 is 14.4 Å². The van der Waals surface area contributed by atoms with Crippen molar-refractivity contribution in [2.45, 2.75) is 45.3 Å². The molecule has 1 N–H and O–H groups in total. The summed E-state index contributed by atoms with van der Waals surface area (Å²) >= 11 is 0. The van der Waals surface area contributed by atoms with E-state index in [1.165, 1.54) is 19.0 Å². The first-order valence-corrected chi connectivity index (χ1v) is 8.75. The second kappa shape index (κ2) is 8.03. The van der Waals surface area contributed by atoms with E-state index in [2.05, 4.69) is 10.3 Å². The molecule has 0 aliphatic heterocycles. The molecule has 138 valence electrons. The van der Waals surface area contributed by atoms with E-state index in [0.29, 0.717) is 17.9 Å². The number of pyridine rings is 1. The summed E-state index contributed by atoms with van der Waals surface area (Å²) in [7, 11) is 1.64. The minimum Gasteiger partial charge on any atom is -0.493 e. The summed E-state index contributed by atoms with van der Waals surface area (Å²) in [6.45, 7) is 2.24. The monoisotopic (exact) mass is 357 g/mol. The quantitative estimate of drug-likeness (QED) is 0.589. The zero-order chi connectivity index (χ0) is 18.5. The van der Waals surface area contributed by atoms with Gasteiger partial charge in [-0.2, -0.15) is 0 Å². The maximum absolute atomic E-state index is 10.9. The molecule has 1 fully saturated rings. The molecule has 1 saturated carbocycles. The van der Waals surface area contributed by atoms with Gasteiger partial charge in [0.05, 0.1) is 18.1 Å². The summed E-state index contributed by atoms with van der Waals surface area (Å²) < 4.78 is 11.5. The highest BCUT2D eigenvalue weighted by atomic mass is 16.6. The number of nitrogens with zero attached hydrogens (tertiary/aromatic N) is 2. The first kappa shape index (κ1) is 18.0. The van der Waals surface area contributed by atoms with Crippen molar-refractivity contribution in [1.29, 1.82) is 0 Å². The van der Waals surface area contributed by atoms with Crippen LogP contribution in [0.3, 0.4) is 0 Å². The lowest BCUT2D eigenvalue weighted by Gasteiger charge is -2.17. The minimum absolute atomic E-state index is 0.0206. The smallest absolute Gasteiger partial charge is 0.290 e. The van der Waals surface area contributed by atoms with Crippen molar-refractivity contribution in [3.05, 3.63) is 51.7 Å². The Bertz CT molecular complexity index is 788. The lowest BCUT2D eigenvalue weighted by atomic mass is 10.2. The molecular weight excluding hydrogens is 334 g/mol. The van der Waals surface area contributed by atoms with Crippen molar-refractivity contribution in [1.82, 2.24) is 4.98 Å². The molecule has 1 heterocycles. The van der Waals surface area contributed by atoms with Crippen LogP contribution in [-0.4, -0.2) is 23.1 Å². The Morgan fingerprint density at radius 3 is 2.69 bits per heavy atom. The fraction of sp³-hybridized carbons (Fsp3) is 0.421. The van der Waals surface area contributed by atoms with Crippen LogP contribution in [0.1, 0.15) is 36.8 Å². The molecular formula is C19H23N3O4. The van der Waals surface area contributed by atoms with Gasteiger partial charge in [-0.1, -0.05) is 6.07 Å². The van der Waals surface area contributed by atoms with Gasteiger partial charge in [-0.05, 0) is 56.4 Å². The number of methoxy groups -OCH3 is 1. The van der Waals surface area contributed by atoms with E-state index < -0.39 is 4.92 Å². The van der Waals surface area contributed by atoms with Gasteiger partial charge in [-0.3, -0.25) is 10.1 Å².